The van der Waals surface area contributed by atoms with E-state index in [9.17, 15) is 4.39 Å². The minimum Gasteiger partial charge on any atom is -0.497 e. The average molecular weight is 386 g/mol. The number of hydrogen-bond donors (Lipinski definition) is 1. The predicted molar refractivity (Wildman–Crippen MR) is 109 cm³/mol. The van der Waals surface area contributed by atoms with E-state index < -0.39 is 0 Å². The van der Waals surface area contributed by atoms with Crippen molar-refractivity contribution in [3.05, 3.63) is 59.9 Å². The third-order valence-corrected chi connectivity index (χ3v) is 4.73. The van der Waals surface area contributed by atoms with Crippen molar-refractivity contribution in [2.24, 2.45) is 10.7 Å². The van der Waals surface area contributed by atoms with Gasteiger partial charge in [-0.3, -0.25) is 4.99 Å². The number of piperazine rings is 1. The van der Waals surface area contributed by atoms with Crippen LogP contribution in [0, 0.1) is 5.82 Å². The van der Waals surface area contributed by atoms with Crippen molar-refractivity contribution in [3.8, 4) is 5.75 Å². The number of nitrogens with zero attached hydrogens (tertiary/aromatic N) is 3. The Labute approximate surface area is 165 Å². The lowest BCUT2D eigenvalue weighted by Crippen LogP contribution is -2.51. The van der Waals surface area contributed by atoms with Gasteiger partial charge in [0.2, 0.25) is 0 Å². The summed E-state index contributed by atoms with van der Waals surface area (Å²) in [6.45, 7) is 4.82. The molecule has 7 heteroatoms. The first kappa shape index (κ1) is 19.9. The predicted octanol–water partition coefficient (Wildman–Crippen LogP) is 2.49. The van der Waals surface area contributed by atoms with E-state index in [1.807, 2.05) is 36.4 Å². The lowest BCUT2D eigenvalue weighted by molar-refractivity contribution is 0.128. The molecular formula is C21H27FN4O2. The van der Waals surface area contributed by atoms with Gasteiger partial charge in [-0.15, -0.1) is 0 Å². The summed E-state index contributed by atoms with van der Waals surface area (Å²) in [6.07, 6.45) is 0. The standard InChI is InChI=1S/C21H27FN4O2/c1-27-20-8-2-17(3-9-20)16-28-15-10-24-21(23)26-13-11-25(12-14-26)19-6-4-18(22)5-7-19/h2-9H,10-16H2,1H3,(H2,23,24). The van der Waals surface area contributed by atoms with Crippen LogP contribution in [0.2, 0.25) is 0 Å². The molecule has 1 fully saturated rings. The number of methoxy groups -OCH3 is 1. The second-order valence-electron chi connectivity index (χ2n) is 6.59. The summed E-state index contributed by atoms with van der Waals surface area (Å²) in [5.41, 5.74) is 8.24. The molecule has 0 unspecified atom stereocenters. The van der Waals surface area contributed by atoms with Crippen molar-refractivity contribution in [3.63, 3.8) is 0 Å². The van der Waals surface area contributed by atoms with Crippen LogP contribution in [0.15, 0.2) is 53.5 Å². The highest BCUT2D eigenvalue weighted by Gasteiger charge is 2.18. The molecule has 0 bridgehead atoms. The molecule has 0 atom stereocenters. The maximum absolute atomic E-state index is 13.0. The SMILES string of the molecule is COc1ccc(COCCN=C(N)N2CCN(c3ccc(F)cc3)CC2)cc1. The molecule has 150 valence electrons. The fraction of sp³-hybridized carbons (Fsp3) is 0.381. The molecule has 2 N–H and O–H groups in total. The molecule has 6 nitrogen and oxygen atoms in total. The normalized spacial score (nSPS) is 15.0. The Morgan fingerprint density at radius 2 is 1.71 bits per heavy atom. The lowest BCUT2D eigenvalue weighted by Gasteiger charge is -2.36. The van der Waals surface area contributed by atoms with Crippen molar-refractivity contribution < 1.29 is 13.9 Å². The number of guanidine groups is 1. The third-order valence-electron chi connectivity index (χ3n) is 4.73. The highest BCUT2D eigenvalue weighted by atomic mass is 19.1. The van der Waals surface area contributed by atoms with Gasteiger partial charge in [0.15, 0.2) is 5.96 Å². The number of halogens is 1. The van der Waals surface area contributed by atoms with Gasteiger partial charge in [0, 0.05) is 31.9 Å². The van der Waals surface area contributed by atoms with E-state index in [0.717, 1.165) is 43.2 Å². The summed E-state index contributed by atoms with van der Waals surface area (Å²) >= 11 is 0. The molecule has 1 aliphatic heterocycles. The second kappa shape index (κ2) is 9.94. The zero-order valence-electron chi connectivity index (χ0n) is 16.2. The minimum absolute atomic E-state index is 0.215. The third kappa shape index (κ3) is 5.60. The minimum atomic E-state index is -0.215. The Morgan fingerprint density at radius 3 is 2.36 bits per heavy atom. The molecule has 28 heavy (non-hydrogen) atoms. The number of benzene rings is 2. The number of hydrogen-bond acceptors (Lipinski definition) is 4. The van der Waals surface area contributed by atoms with Gasteiger partial charge in [0.1, 0.15) is 11.6 Å². The Morgan fingerprint density at radius 1 is 1.04 bits per heavy atom. The van der Waals surface area contributed by atoms with Crippen LogP contribution in [-0.4, -0.2) is 57.3 Å². The summed E-state index contributed by atoms with van der Waals surface area (Å²) < 4.78 is 23.8. The quantitative estimate of drug-likeness (QED) is 0.450. The van der Waals surface area contributed by atoms with E-state index in [2.05, 4.69) is 14.8 Å². The van der Waals surface area contributed by atoms with Crippen LogP contribution in [-0.2, 0) is 11.3 Å². The molecule has 0 radical (unpaired) electrons. The van der Waals surface area contributed by atoms with Gasteiger partial charge in [-0.25, -0.2) is 4.39 Å². The smallest absolute Gasteiger partial charge is 0.191 e. The van der Waals surface area contributed by atoms with Crippen LogP contribution in [0.3, 0.4) is 0 Å². The van der Waals surface area contributed by atoms with Gasteiger partial charge in [0.25, 0.3) is 0 Å². The number of aliphatic imine (C=N–C) groups is 1. The van der Waals surface area contributed by atoms with Gasteiger partial charge in [-0.1, -0.05) is 12.1 Å². The molecule has 0 spiro atoms. The molecule has 0 aliphatic carbocycles. The summed E-state index contributed by atoms with van der Waals surface area (Å²) in [5, 5.41) is 0. The largest absolute Gasteiger partial charge is 0.497 e. The zero-order chi connectivity index (χ0) is 19.8. The number of ether oxygens (including phenoxy) is 2. The van der Waals surface area contributed by atoms with E-state index >= 15 is 0 Å². The average Bonchev–Trinajstić information content (AvgIpc) is 2.74. The van der Waals surface area contributed by atoms with Crippen LogP contribution < -0.4 is 15.4 Å². The Hall–Kier alpha value is -2.80. The molecule has 1 heterocycles. The van der Waals surface area contributed by atoms with Crippen LogP contribution >= 0.6 is 0 Å². The van der Waals surface area contributed by atoms with Crippen LogP contribution in [0.1, 0.15) is 5.56 Å². The zero-order valence-corrected chi connectivity index (χ0v) is 16.2. The molecule has 0 saturated carbocycles. The first-order valence-electron chi connectivity index (χ1n) is 9.42. The summed E-state index contributed by atoms with van der Waals surface area (Å²) in [5.74, 6) is 1.17. The molecule has 3 rings (SSSR count). The fourth-order valence-electron chi connectivity index (χ4n) is 3.08. The molecule has 1 saturated heterocycles. The van der Waals surface area contributed by atoms with Crippen molar-refractivity contribution in [1.82, 2.24) is 4.90 Å². The van der Waals surface area contributed by atoms with Crippen LogP contribution in [0.25, 0.3) is 0 Å². The van der Waals surface area contributed by atoms with Crippen molar-refractivity contribution >= 4 is 11.6 Å². The number of anilines is 1. The van der Waals surface area contributed by atoms with Gasteiger partial charge < -0.3 is 25.0 Å². The summed E-state index contributed by atoms with van der Waals surface area (Å²) in [7, 11) is 1.65. The number of nitrogens with two attached hydrogens (primary N) is 1. The van der Waals surface area contributed by atoms with Crippen molar-refractivity contribution in [2.75, 3.05) is 51.3 Å². The molecule has 0 aromatic heterocycles. The Balaban J connectivity index is 1.36. The fourth-order valence-corrected chi connectivity index (χ4v) is 3.08. The first-order valence-corrected chi connectivity index (χ1v) is 9.42. The topological polar surface area (TPSA) is 63.3 Å². The monoisotopic (exact) mass is 386 g/mol. The lowest BCUT2D eigenvalue weighted by atomic mass is 10.2. The molecule has 0 amide bonds. The number of rotatable bonds is 7. The molecule has 2 aromatic carbocycles. The summed E-state index contributed by atoms with van der Waals surface area (Å²) in [4.78, 5) is 8.72. The van der Waals surface area contributed by atoms with E-state index in [1.54, 1.807) is 7.11 Å². The van der Waals surface area contributed by atoms with E-state index in [-0.39, 0.29) is 5.82 Å². The Kier molecular flexibility index (Phi) is 7.08. The van der Waals surface area contributed by atoms with E-state index in [1.165, 1.54) is 12.1 Å². The van der Waals surface area contributed by atoms with Crippen LogP contribution in [0.4, 0.5) is 10.1 Å². The second-order valence-corrected chi connectivity index (χ2v) is 6.59. The maximum atomic E-state index is 13.0. The highest BCUT2D eigenvalue weighted by molar-refractivity contribution is 5.78. The summed E-state index contributed by atoms with van der Waals surface area (Å²) in [6, 6.07) is 14.4. The first-order chi connectivity index (χ1) is 13.7. The highest BCUT2D eigenvalue weighted by Crippen LogP contribution is 2.17. The van der Waals surface area contributed by atoms with Crippen molar-refractivity contribution in [2.45, 2.75) is 6.61 Å². The van der Waals surface area contributed by atoms with E-state index in [4.69, 9.17) is 15.2 Å². The maximum Gasteiger partial charge on any atom is 0.191 e. The van der Waals surface area contributed by atoms with E-state index in [0.29, 0.717) is 25.7 Å². The molecular weight excluding hydrogens is 359 g/mol. The molecule has 2 aromatic rings. The van der Waals surface area contributed by atoms with Crippen LogP contribution in [0.5, 0.6) is 5.75 Å². The Bertz CT molecular complexity index is 757. The van der Waals surface area contributed by atoms with Gasteiger partial charge in [-0.05, 0) is 42.0 Å². The molecule has 1 aliphatic rings. The van der Waals surface area contributed by atoms with Crippen molar-refractivity contribution in [1.29, 1.82) is 0 Å². The van der Waals surface area contributed by atoms with Gasteiger partial charge >= 0.3 is 0 Å². The van der Waals surface area contributed by atoms with Gasteiger partial charge in [-0.2, -0.15) is 0 Å². The van der Waals surface area contributed by atoms with Gasteiger partial charge in [0.05, 0.1) is 26.9 Å².